The number of carbonyl (C=O) groups is 1. The molecule has 4 nitrogen and oxygen atoms in total. The van der Waals surface area contributed by atoms with Crippen LogP contribution < -0.4 is 10.5 Å². The lowest BCUT2D eigenvalue weighted by Crippen LogP contribution is -2.14. The standard InChI is InChI=1S/C14H18ClNO3/c15-10-3-5-13(19-8-9-1-2-9)11(7-10)12(16)4-6-14(17)18/h3,5,7,9,12H,1-2,4,6,8,16H2,(H,17,18). The van der Waals surface area contributed by atoms with Crippen molar-refractivity contribution in [1.29, 1.82) is 0 Å². The first-order valence-corrected chi connectivity index (χ1v) is 6.83. The second-order valence-corrected chi connectivity index (χ2v) is 5.41. The molecule has 0 bridgehead atoms. The summed E-state index contributed by atoms with van der Waals surface area (Å²) in [5.41, 5.74) is 6.82. The minimum absolute atomic E-state index is 0.0374. The third kappa shape index (κ3) is 4.40. The number of carboxylic acid groups (broad SMARTS) is 1. The summed E-state index contributed by atoms with van der Waals surface area (Å²) in [6.45, 7) is 0.695. The van der Waals surface area contributed by atoms with Crippen LogP contribution in [0, 0.1) is 5.92 Å². The van der Waals surface area contributed by atoms with Crippen LogP contribution in [-0.4, -0.2) is 17.7 Å². The number of carboxylic acids is 1. The molecule has 1 atom stereocenters. The van der Waals surface area contributed by atoms with E-state index in [4.69, 9.17) is 27.2 Å². The van der Waals surface area contributed by atoms with Crippen LogP contribution in [0.3, 0.4) is 0 Å². The van der Waals surface area contributed by atoms with Gasteiger partial charge in [-0.05, 0) is 43.4 Å². The van der Waals surface area contributed by atoms with E-state index in [0.717, 1.165) is 5.56 Å². The first kappa shape index (κ1) is 14.2. The van der Waals surface area contributed by atoms with Crippen LogP contribution in [0.1, 0.15) is 37.3 Å². The molecule has 1 aliphatic carbocycles. The van der Waals surface area contributed by atoms with Gasteiger partial charge in [-0.2, -0.15) is 0 Å². The van der Waals surface area contributed by atoms with Crippen LogP contribution in [0.2, 0.25) is 5.02 Å². The van der Waals surface area contributed by atoms with Crippen LogP contribution >= 0.6 is 11.6 Å². The summed E-state index contributed by atoms with van der Waals surface area (Å²) in [6.07, 6.45) is 2.84. The van der Waals surface area contributed by atoms with Gasteiger partial charge in [0.2, 0.25) is 0 Å². The summed E-state index contributed by atoms with van der Waals surface area (Å²) >= 11 is 5.97. The van der Waals surface area contributed by atoms with Crippen molar-refractivity contribution in [3.05, 3.63) is 28.8 Å². The molecule has 0 saturated heterocycles. The molecule has 5 heteroatoms. The molecule has 19 heavy (non-hydrogen) atoms. The summed E-state index contributed by atoms with van der Waals surface area (Å²) in [5.74, 6) is 0.519. The minimum Gasteiger partial charge on any atom is -0.493 e. The van der Waals surface area contributed by atoms with Gasteiger partial charge >= 0.3 is 5.97 Å². The molecule has 0 aromatic heterocycles. The third-order valence-electron chi connectivity index (χ3n) is 3.21. The molecule has 1 unspecified atom stereocenters. The first-order chi connectivity index (χ1) is 9.06. The zero-order valence-electron chi connectivity index (χ0n) is 10.6. The Morgan fingerprint density at radius 2 is 2.26 bits per heavy atom. The Morgan fingerprint density at radius 1 is 1.53 bits per heavy atom. The monoisotopic (exact) mass is 283 g/mol. The highest BCUT2D eigenvalue weighted by Crippen LogP contribution is 2.33. The highest BCUT2D eigenvalue weighted by Gasteiger charge is 2.23. The quantitative estimate of drug-likeness (QED) is 0.807. The second-order valence-electron chi connectivity index (χ2n) is 4.98. The lowest BCUT2D eigenvalue weighted by molar-refractivity contribution is -0.137. The van der Waals surface area contributed by atoms with Gasteiger partial charge in [0.15, 0.2) is 0 Å². The minimum atomic E-state index is -0.849. The third-order valence-corrected chi connectivity index (χ3v) is 3.45. The summed E-state index contributed by atoms with van der Waals surface area (Å²) in [7, 11) is 0. The average molecular weight is 284 g/mol. The van der Waals surface area contributed by atoms with E-state index < -0.39 is 5.97 Å². The molecule has 0 spiro atoms. The van der Waals surface area contributed by atoms with E-state index >= 15 is 0 Å². The predicted molar refractivity (Wildman–Crippen MR) is 73.5 cm³/mol. The Hall–Kier alpha value is -1.26. The maximum Gasteiger partial charge on any atom is 0.303 e. The van der Waals surface area contributed by atoms with E-state index in [-0.39, 0.29) is 12.5 Å². The Bertz CT molecular complexity index is 460. The van der Waals surface area contributed by atoms with E-state index in [9.17, 15) is 4.79 Å². The fourth-order valence-corrected chi connectivity index (χ4v) is 2.05. The van der Waals surface area contributed by atoms with Gasteiger partial charge in [-0.25, -0.2) is 0 Å². The summed E-state index contributed by atoms with van der Waals surface area (Å²) in [5, 5.41) is 9.29. The molecule has 1 aliphatic rings. The maximum atomic E-state index is 10.6. The molecule has 1 fully saturated rings. The van der Waals surface area contributed by atoms with Crippen molar-refractivity contribution in [2.24, 2.45) is 11.7 Å². The van der Waals surface area contributed by atoms with Crippen molar-refractivity contribution in [2.75, 3.05) is 6.61 Å². The number of hydrogen-bond acceptors (Lipinski definition) is 3. The van der Waals surface area contributed by atoms with Crippen molar-refractivity contribution in [1.82, 2.24) is 0 Å². The van der Waals surface area contributed by atoms with Gasteiger partial charge in [0.05, 0.1) is 6.61 Å². The molecule has 3 N–H and O–H groups in total. The Balaban J connectivity index is 2.05. The number of aliphatic carboxylic acids is 1. The molecule has 0 heterocycles. The highest BCUT2D eigenvalue weighted by molar-refractivity contribution is 6.30. The van der Waals surface area contributed by atoms with Crippen molar-refractivity contribution in [2.45, 2.75) is 31.7 Å². The normalized spacial score (nSPS) is 16.1. The van der Waals surface area contributed by atoms with Crippen LogP contribution in [0.25, 0.3) is 0 Å². The maximum absolute atomic E-state index is 10.6. The van der Waals surface area contributed by atoms with Gasteiger partial charge in [0.1, 0.15) is 5.75 Å². The van der Waals surface area contributed by atoms with Crippen LogP contribution in [0.5, 0.6) is 5.75 Å². The molecule has 1 aromatic rings. The fraction of sp³-hybridized carbons (Fsp3) is 0.500. The molecule has 0 radical (unpaired) electrons. The smallest absolute Gasteiger partial charge is 0.303 e. The van der Waals surface area contributed by atoms with Crippen LogP contribution in [0.4, 0.5) is 0 Å². The number of nitrogens with two attached hydrogens (primary N) is 1. The number of hydrogen-bond donors (Lipinski definition) is 2. The summed E-state index contributed by atoms with van der Waals surface area (Å²) in [6, 6.07) is 4.96. The Labute approximate surface area is 117 Å². The average Bonchev–Trinajstić information content (AvgIpc) is 3.18. The van der Waals surface area contributed by atoms with E-state index in [2.05, 4.69) is 0 Å². The van der Waals surface area contributed by atoms with Crippen molar-refractivity contribution in [3.63, 3.8) is 0 Å². The topological polar surface area (TPSA) is 72.6 Å². The van der Waals surface area contributed by atoms with Gasteiger partial charge in [0, 0.05) is 23.0 Å². The zero-order chi connectivity index (χ0) is 13.8. The highest BCUT2D eigenvalue weighted by atomic mass is 35.5. The molecule has 1 aromatic carbocycles. The fourth-order valence-electron chi connectivity index (χ4n) is 1.87. The lowest BCUT2D eigenvalue weighted by Gasteiger charge is -2.17. The van der Waals surface area contributed by atoms with Crippen molar-refractivity contribution >= 4 is 17.6 Å². The largest absolute Gasteiger partial charge is 0.493 e. The van der Waals surface area contributed by atoms with E-state index in [1.807, 2.05) is 0 Å². The molecule has 2 rings (SSSR count). The molecular weight excluding hydrogens is 266 g/mol. The summed E-state index contributed by atoms with van der Waals surface area (Å²) in [4.78, 5) is 10.6. The molecule has 0 aliphatic heterocycles. The zero-order valence-corrected chi connectivity index (χ0v) is 11.4. The summed E-state index contributed by atoms with van der Waals surface area (Å²) < 4.78 is 5.76. The SMILES string of the molecule is NC(CCC(=O)O)c1cc(Cl)ccc1OCC1CC1. The van der Waals surface area contributed by atoms with Gasteiger partial charge in [0.25, 0.3) is 0 Å². The Morgan fingerprint density at radius 3 is 2.89 bits per heavy atom. The molecular formula is C14H18ClNO3. The van der Waals surface area contributed by atoms with E-state index in [1.54, 1.807) is 18.2 Å². The molecule has 1 saturated carbocycles. The predicted octanol–water partition coefficient (Wildman–Crippen LogP) is 2.99. The van der Waals surface area contributed by atoms with Crippen molar-refractivity contribution in [3.8, 4) is 5.75 Å². The number of rotatable bonds is 7. The van der Waals surface area contributed by atoms with Gasteiger partial charge < -0.3 is 15.6 Å². The van der Waals surface area contributed by atoms with Crippen LogP contribution in [-0.2, 0) is 4.79 Å². The number of benzene rings is 1. The first-order valence-electron chi connectivity index (χ1n) is 6.46. The van der Waals surface area contributed by atoms with E-state index in [0.29, 0.717) is 29.7 Å². The molecule has 104 valence electrons. The molecule has 0 amide bonds. The van der Waals surface area contributed by atoms with Gasteiger partial charge in [-0.1, -0.05) is 11.6 Å². The van der Waals surface area contributed by atoms with Crippen LogP contribution in [0.15, 0.2) is 18.2 Å². The lowest BCUT2D eigenvalue weighted by atomic mass is 10.0. The van der Waals surface area contributed by atoms with E-state index in [1.165, 1.54) is 12.8 Å². The van der Waals surface area contributed by atoms with Gasteiger partial charge in [-0.15, -0.1) is 0 Å². The number of halogens is 1. The van der Waals surface area contributed by atoms with Crippen molar-refractivity contribution < 1.29 is 14.6 Å². The number of ether oxygens (including phenoxy) is 1. The Kier molecular flexibility index (Phi) is 4.66. The van der Waals surface area contributed by atoms with Gasteiger partial charge in [-0.3, -0.25) is 4.79 Å². The second kappa shape index (κ2) is 6.26.